The van der Waals surface area contributed by atoms with Crippen LogP contribution < -0.4 is 10.6 Å². The zero-order valence-electron chi connectivity index (χ0n) is 10.6. The van der Waals surface area contributed by atoms with Crippen LogP contribution in [0.25, 0.3) is 0 Å². The summed E-state index contributed by atoms with van der Waals surface area (Å²) in [4.78, 5) is 22.5. The first kappa shape index (κ1) is 14.2. The number of anilines is 2. The lowest BCUT2D eigenvalue weighted by Gasteiger charge is -2.08. The van der Waals surface area contributed by atoms with E-state index < -0.39 is 12.5 Å². The van der Waals surface area contributed by atoms with Crippen LogP contribution in [-0.2, 0) is 9.59 Å². The summed E-state index contributed by atoms with van der Waals surface area (Å²) < 4.78 is 0. The summed E-state index contributed by atoms with van der Waals surface area (Å²) in [5.41, 5.74) is 1.26. The van der Waals surface area contributed by atoms with Gasteiger partial charge in [0.25, 0.3) is 0 Å². The number of carbonyl (C=O) groups is 2. The zero-order chi connectivity index (χ0) is 13.5. The van der Waals surface area contributed by atoms with Crippen LogP contribution in [0.15, 0.2) is 24.3 Å². The number of aliphatic hydroxyl groups excluding tert-OH is 1. The van der Waals surface area contributed by atoms with Crippen molar-refractivity contribution < 1.29 is 14.7 Å². The molecule has 0 atom stereocenters. The second kappa shape index (κ2) is 6.76. The molecule has 0 aliphatic heterocycles. The summed E-state index contributed by atoms with van der Waals surface area (Å²) in [5.74, 6) is -0.183. The normalized spacial score (nSPS) is 10.2. The third-order valence-corrected chi connectivity index (χ3v) is 2.19. The highest BCUT2D eigenvalue weighted by Gasteiger charge is 2.05. The minimum atomic E-state index is -0.549. The Kier molecular flexibility index (Phi) is 5.32. The Labute approximate surface area is 106 Å². The molecule has 5 heteroatoms. The van der Waals surface area contributed by atoms with Crippen LogP contribution in [-0.4, -0.2) is 23.5 Å². The van der Waals surface area contributed by atoms with Crippen molar-refractivity contribution >= 4 is 23.2 Å². The minimum Gasteiger partial charge on any atom is -0.387 e. The van der Waals surface area contributed by atoms with Gasteiger partial charge in [-0.15, -0.1) is 0 Å². The van der Waals surface area contributed by atoms with Crippen LogP contribution in [0.2, 0.25) is 0 Å². The maximum absolute atomic E-state index is 11.5. The molecular weight excluding hydrogens is 232 g/mol. The summed E-state index contributed by atoms with van der Waals surface area (Å²) >= 11 is 0. The van der Waals surface area contributed by atoms with E-state index in [4.69, 9.17) is 5.11 Å². The van der Waals surface area contributed by atoms with Gasteiger partial charge in [-0.05, 0) is 30.2 Å². The number of amides is 2. The molecule has 0 unspecified atom stereocenters. The van der Waals surface area contributed by atoms with Crippen molar-refractivity contribution in [1.82, 2.24) is 0 Å². The first-order chi connectivity index (χ1) is 8.51. The topological polar surface area (TPSA) is 78.4 Å². The predicted octanol–water partition coefficient (Wildman–Crippen LogP) is 1.60. The molecule has 0 radical (unpaired) electrons. The van der Waals surface area contributed by atoms with E-state index in [2.05, 4.69) is 10.6 Å². The quantitative estimate of drug-likeness (QED) is 0.742. The van der Waals surface area contributed by atoms with Gasteiger partial charge in [-0.3, -0.25) is 9.59 Å². The molecule has 1 aromatic carbocycles. The molecule has 2 amide bonds. The minimum absolute atomic E-state index is 0.0304. The van der Waals surface area contributed by atoms with Crippen molar-refractivity contribution in [3.63, 3.8) is 0 Å². The van der Waals surface area contributed by atoms with Gasteiger partial charge >= 0.3 is 0 Å². The van der Waals surface area contributed by atoms with Crippen molar-refractivity contribution in [2.24, 2.45) is 5.92 Å². The number of hydrogen-bond donors (Lipinski definition) is 3. The number of carbonyl (C=O) groups excluding carboxylic acids is 2. The van der Waals surface area contributed by atoms with Crippen molar-refractivity contribution in [2.45, 2.75) is 20.3 Å². The van der Waals surface area contributed by atoms with E-state index in [-0.39, 0.29) is 5.91 Å². The van der Waals surface area contributed by atoms with Crippen LogP contribution in [0.4, 0.5) is 11.4 Å². The fraction of sp³-hybridized carbons (Fsp3) is 0.385. The van der Waals surface area contributed by atoms with Gasteiger partial charge in [-0.25, -0.2) is 0 Å². The molecule has 0 aliphatic rings. The first-order valence-electron chi connectivity index (χ1n) is 5.82. The molecule has 1 rings (SSSR count). The second-order valence-electron chi connectivity index (χ2n) is 4.43. The smallest absolute Gasteiger partial charge is 0.250 e. The molecule has 0 heterocycles. The predicted molar refractivity (Wildman–Crippen MR) is 70.2 cm³/mol. The Bertz CT molecular complexity index is 413. The molecule has 5 nitrogen and oxygen atoms in total. The van der Waals surface area contributed by atoms with Gasteiger partial charge in [0.05, 0.1) is 0 Å². The van der Waals surface area contributed by atoms with Gasteiger partial charge in [0, 0.05) is 17.8 Å². The Morgan fingerprint density at radius 1 is 1.06 bits per heavy atom. The van der Waals surface area contributed by atoms with Crippen molar-refractivity contribution in [2.75, 3.05) is 17.2 Å². The number of nitrogens with one attached hydrogen (secondary N) is 2. The molecule has 0 saturated carbocycles. The van der Waals surface area contributed by atoms with Gasteiger partial charge in [0.1, 0.15) is 6.61 Å². The van der Waals surface area contributed by atoms with Gasteiger partial charge < -0.3 is 15.7 Å². The zero-order valence-corrected chi connectivity index (χ0v) is 10.6. The number of rotatable bonds is 5. The summed E-state index contributed by atoms with van der Waals surface area (Å²) in [6.45, 7) is 3.41. The Morgan fingerprint density at radius 3 is 1.89 bits per heavy atom. The molecular formula is C13H18N2O3. The molecule has 0 saturated heterocycles. The summed E-state index contributed by atoms with van der Waals surface area (Å²) in [5, 5.41) is 13.9. The molecule has 98 valence electrons. The van der Waals surface area contributed by atoms with Gasteiger partial charge in [-0.1, -0.05) is 13.8 Å². The fourth-order valence-electron chi connectivity index (χ4n) is 1.42. The van der Waals surface area contributed by atoms with E-state index in [1.54, 1.807) is 24.3 Å². The highest BCUT2D eigenvalue weighted by molar-refractivity contribution is 5.93. The molecule has 0 spiro atoms. The highest BCUT2D eigenvalue weighted by Crippen LogP contribution is 2.14. The van der Waals surface area contributed by atoms with E-state index >= 15 is 0 Å². The van der Waals surface area contributed by atoms with Crippen molar-refractivity contribution in [3.8, 4) is 0 Å². The van der Waals surface area contributed by atoms with Gasteiger partial charge in [0.2, 0.25) is 11.8 Å². The lowest BCUT2D eigenvalue weighted by Crippen LogP contribution is -2.16. The summed E-state index contributed by atoms with van der Waals surface area (Å²) in [7, 11) is 0. The van der Waals surface area contributed by atoms with Crippen molar-refractivity contribution in [3.05, 3.63) is 24.3 Å². The fourth-order valence-corrected chi connectivity index (χ4v) is 1.42. The molecule has 0 aliphatic carbocycles. The molecule has 0 fully saturated rings. The Hall–Kier alpha value is -1.88. The number of hydrogen-bond acceptors (Lipinski definition) is 3. The van der Waals surface area contributed by atoms with Gasteiger partial charge in [-0.2, -0.15) is 0 Å². The summed E-state index contributed by atoms with van der Waals surface area (Å²) in [6, 6.07) is 6.73. The number of aliphatic hydroxyl groups is 1. The van der Waals surface area contributed by atoms with E-state index in [1.165, 1.54) is 0 Å². The molecule has 0 aromatic heterocycles. The maximum Gasteiger partial charge on any atom is 0.250 e. The first-order valence-corrected chi connectivity index (χ1v) is 5.82. The lowest BCUT2D eigenvalue weighted by molar-refractivity contribution is -0.119. The standard InChI is InChI=1S/C13H18N2O3/c1-9(2)7-12(17)14-10-3-5-11(6-4-10)15-13(18)8-16/h3-6,9,16H,7-8H2,1-2H3,(H,14,17)(H,15,18). The molecule has 18 heavy (non-hydrogen) atoms. The van der Waals surface area contributed by atoms with Crippen LogP contribution in [0.3, 0.4) is 0 Å². The lowest BCUT2D eigenvalue weighted by atomic mass is 10.1. The highest BCUT2D eigenvalue weighted by atomic mass is 16.3. The monoisotopic (exact) mass is 250 g/mol. The van der Waals surface area contributed by atoms with Gasteiger partial charge in [0.15, 0.2) is 0 Å². The van der Waals surface area contributed by atoms with E-state index in [0.717, 1.165) is 0 Å². The number of benzene rings is 1. The van der Waals surface area contributed by atoms with E-state index in [0.29, 0.717) is 23.7 Å². The molecule has 3 N–H and O–H groups in total. The second-order valence-corrected chi connectivity index (χ2v) is 4.43. The third kappa shape index (κ3) is 4.97. The van der Waals surface area contributed by atoms with Crippen molar-refractivity contribution in [1.29, 1.82) is 0 Å². The summed E-state index contributed by atoms with van der Waals surface area (Å²) in [6.07, 6.45) is 0.475. The van der Waals surface area contributed by atoms with Crippen LogP contribution in [0.1, 0.15) is 20.3 Å². The SMILES string of the molecule is CC(C)CC(=O)Nc1ccc(NC(=O)CO)cc1. The average molecular weight is 250 g/mol. The van der Waals surface area contributed by atoms with Crippen LogP contribution in [0.5, 0.6) is 0 Å². The van der Waals surface area contributed by atoms with E-state index in [9.17, 15) is 9.59 Å². The van der Waals surface area contributed by atoms with Crippen LogP contribution >= 0.6 is 0 Å². The molecule has 0 bridgehead atoms. The Balaban J connectivity index is 2.55. The van der Waals surface area contributed by atoms with Crippen LogP contribution in [0, 0.1) is 5.92 Å². The molecule has 1 aromatic rings. The Morgan fingerprint density at radius 2 is 1.50 bits per heavy atom. The maximum atomic E-state index is 11.5. The third-order valence-electron chi connectivity index (χ3n) is 2.19. The average Bonchev–Trinajstić information content (AvgIpc) is 2.30. The van der Waals surface area contributed by atoms with E-state index in [1.807, 2.05) is 13.8 Å². The largest absolute Gasteiger partial charge is 0.387 e.